The highest BCUT2D eigenvalue weighted by molar-refractivity contribution is 6.18. The standard InChI is InChI=1S/C63H39N5O/c1-5-18-40(19-6-1)61-64-62(41-20-7-2-8-21-41)66-63(65-61)51-35-34-50-49-29-17-28-46(42-32-36-56-52(38-42)47-26-13-15-30-54(47)67(56)44-22-9-3-10-23-44)59(49)69-60(50)58(51)43-33-37-57-53(39-43)48-27-14-16-31-55(48)68(57)45-24-11-4-12-25-45/h1-39H. The van der Waals surface area contributed by atoms with Gasteiger partial charge in [-0.2, -0.15) is 0 Å². The second-order valence-electron chi connectivity index (χ2n) is 17.5. The van der Waals surface area contributed by atoms with Gasteiger partial charge in [-0.1, -0.05) is 164 Å². The van der Waals surface area contributed by atoms with E-state index in [0.29, 0.717) is 17.5 Å². The molecule has 69 heavy (non-hydrogen) atoms. The van der Waals surface area contributed by atoms with Gasteiger partial charge >= 0.3 is 0 Å². The lowest BCUT2D eigenvalue weighted by Crippen LogP contribution is -2.01. The molecule has 0 aliphatic carbocycles. The Hall–Kier alpha value is -9.39. The average Bonchev–Trinajstić information content (AvgIpc) is 4.09. The Bertz CT molecular complexity index is 4230. The predicted molar refractivity (Wildman–Crippen MR) is 283 cm³/mol. The van der Waals surface area contributed by atoms with E-state index in [2.05, 4.69) is 185 Å². The molecule has 0 saturated carbocycles. The van der Waals surface area contributed by atoms with Crippen LogP contribution in [0.2, 0.25) is 0 Å². The quantitative estimate of drug-likeness (QED) is 0.160. The molecule has 0 saturated heterocycles. The first kappa shape index (κ1) is 38.8. The van der Waals surface area contributed by atoms with E-state index in [1.165, 1.54) is 21.7 Å². The van der Waals surface area contributed by atoms with Gasteiger partial charge in [-0.15, -0.1) is 0 Å². The molecule has 4 aromatic heterocycles. The number of aromatic nitrogens is 5. The van der Waals surface area contributed by atoms with Crippen LogP contribution < -0.4 is 0 Å². The Balaban J connectivity index is 1.04. The van der Waals surface area contributed by atoms with E-state index in [9.17, 15) is 0 Å². The van der Waals surface area contributed by atoms with Gasteiger partial charge in [-0.25, -0.2) is 15.0 Å². The fourth-order valence-corrected chi connectivity index (χ4v) is 10.5. The molecule has 6 nitrogen and oxygen atoms in total. The summed E-state index contributed by atoms with van der Waals surface area (Å²) >= 11 is 0. The van der Waals surface area contributed by atoms with Gasteiger partial charge in [0, 0.05) is 71.5 Å². The summed E-state index contributed by atoms with van der Waals surface area (Å²) in [6.07, 6.45) is 0. The Labute approximate surface area is 396 Å². The molecule has 10 aromatic carbocycles. The molecule has 0 radical (unpaired) electrons. The molecule has 6 heteroatoms. The van der Waals surface area contributed by atoms with Crippen molar-refractivity contribution in [2.24, 2.45) is 0 Å². The summed E-state index contributed by atoms with van der Waals surface area (Å²) < 4.78 is 12.1. The van der Waals surface area contributed by atoms with E-state index in [1.54, 1.807) is 0 Å². The molecule has 0 bridgehead atoms. The summed E-state index contributed by atoms with van der Waals surface area (Å²) in [6.45, 7) is 0. The molecule has 4 heterocycles. The van der Waals surface area contributed by atoms with E-state index in [4.69, 9.17) is 19.4 Å². The van der Waals surface area contributed by atoms with Gasteiger partial charge in [0.1, 0.15) is 11.2 Å². The molecule has 0 N–H and O–H groups in total. The maximum absolute atomic E-state index is 7.38. The van der Waals surface area contributed by atoms with Crippen molar-refractivity contribution in [2.45, 2.75) is 0 Å². The van der Waals surface area contributed by atoms with Crippen molar-refractivity contribution in [3.05, 3.63) is 237 Å². The number of fused-ring (bicyclic) bond motifs is 9. The summed E-state index contributed by atoms with van der Waals surface area (Å²) in [4.78, 5) is 15.6. The first-order valence-electron chi connectivity index (χ1n) is 23.3. The smallest absolute Gasteiger partial charge is 0.164 e. The van der Waals surface area contributed by atoms with Gasteiger partial charge in [-0.05, 0) is 83.9 Å². The molecule has 0 spiro atoms. The first-order chi connectivity index (χ1) is 34.2. The van der Waals surface area contributed by atoms with Crippen LogP contribution in [0.3, 0.4) is 0 Å². The number of para-hydroxylation sites is 5. The average molecular weight is 882 g/mol. The van der Waals surface area contributed by atoms with Crippen molar-refractivity contribution in [1.82, 2.24) is 24.1 Å². The maximum atomic E-state index is 7.38. The molecule has 0 fully saturated rings. The lowest BCUT2D eigenvalue weighted by molar-refractivity contribution is 0.671. The van der Waals surface area contributed by atoms with Crippen LogP contribution in [-0.4, -0.2) is 24.1 Å². The monoisotopic (exact) mass is 881 g/mol. The third-order valence-corrected chi connectivity index (χ3v) is 13.6. The number of rotatable bonds is 7. The molecule has 14 aromatic rings. The number of furan rings is 1. The van der Waals surface area contributed by atoms with Gasteiger partial charge in [0.05, 0.1) is 22.1 Å². The van der Waals surface area contributed by atoms with Gasteiger partial charge in [0.15, 0.2) is 17.5 Å². The second-order valence-corrected chi connectivity index (χ2v) is 17.5. The zero-order chi connectivity index (χ0) is 45.4. The molecule has 0 atom stereocenters. The van der Waals surface area contributed by atoms with Crippen LogP contribution in [0.25, 0.3) is 133 Å². The maximum Gasteiger partial charge on any atom is 0.164 e. The lowest BCUT2D eigenvalue weighted by atomic mass is 9.94. The Morgan fingerprint density at radius 2 is 0.725 bits per heavy atom. The Morgan fingerprint density at radius 3 is 1.30 bits per heavy atom. The SMILES string of the molecule is c1ccc(-c2nc(-c3ccccc3)nc(-c3ccc4c(oc5c(-c6ccc7c(c6)c6ccccc6n7-c6ccccc6)cccc54)c3-c3ccc4c(c3)c3ccccc3n4-c3ccccc3)n2)cc1. The van der Waals surface area contributed by atoms with E-state index >= 15 is 0 Å². The fraction of sp³-hybridized carbons (Fsp3) is 0. The Morgan fingerprint density at radius 1 is 0.275 bits per heavy atom. The molecule has 0 aliphatic heterocycles. The topological polar surface area (TPSA) is 61.7 Å². The van der Waals surface area contributed by atoms with Gasteiger partial charge < -0.3 is 13.6 Å². The van der Waals surface area contributed by atoms with E-state index in [0.717, 1.165) is 94.2 Å². The minimum Gasteiger partial charge on any atom is -0.455 e. The van der Waals surface area contributed by atoms with Crippen LogP contribution in [0.15, 0.2) is 241 Å². The van der Waals surface area contributed by atoms with Gasteiger partial charge in [-0.3, -0.25) is 0 Å². The zero-order valence-electron chi connectivity index (χ0n) is 37.2. The molecular weight excluding hydrogens is 843 g/mol. The molecule has 0 amide bonds. The summed E-state index contributed by atoms with van der Waals surface area (Å²) in [5.41, 5.74) is 15.1. The minimum atomic E-state index is 0.562. The highest BCUT2D eigenvalue weighted by Gasteiger charge is 2.24. The summed E-state index contributed by atoms with van der Waals surface area (Å²) in [5, 5.41) is 6.74. The largest absolute Gasteiger partial charge is 0.455 e. The van der Waals surface area contributed by atoms with Crippen LogP contribution in [0.1, 0.15) is 0 Å². The van der Waals surface area contributed by atoms with Crippen LogP contribution in [0, 0.1) is 0 Å². The Kier molecular flexibility index (Phi) is 8.79. The lowest BCUT2D eigenvalue weighted by Gasteiger charge is -2.13. The van der Waals surface area contributed by atoms with Crippen LogP contribution >= 0.6 is 0 Å². The third-order valence-electron chi connectivity index (χ3n) is 13.6. The fourth-order valence-electron chi connectivity index (χ4n) is 10.5. The number of hydrogen-bond acceptors (Lipinski definition) is 4. The number of benzene rings is 10. The van der Waals surface area contributed by atoms with Crippen molar-refractivity contribution < 1.29 is 4.42 Å². The second kappa shape index (κ2) is 15.6. The number of hydrogen-bond donors (Lipinski definition) is 0. The summed E-state index contributed by atoms with van der Waals surface area (Å²) in [7, 11) is 0. The van der Waals surface area contributed by atoms with Crippen molar-refractivity contribution >= 4 is 65.6 Å². The summed E-state index contributed by atoms with van der Waals surface area (Å²) in [6, 6.07) is 83.2. The summed E-state index contributed by atoms with van der Waals surface area (Å²) in [5.74, 6) is 1.76. The third kappa shape index (κ3) is 6.23. The highest BCUT2D eigenvalue weighted by atomic mass is 16.3. The number of nitrogens with zero attached hydrogens (tertiary/aromatic N) is 5. The molecule has 0 aliphatic rings. The van der Waals surface area contributed by atoms with E-state index in [1.807, 2.05) is 60.7 Å². The van der Waals surface area contributed by atoms with Crippen molar-refractivity contribution in [3.8, 4) is 67.8 Å². The molecule has 322 valence electrons. The molecule has 14 rings (SSSR count). The van der Waals surface area contributed by atoms with Gasteiger partial charge in [0.25, 0.3) is 0 Å². The van der Waals surface area contributed by atoms with Crippen LogP contribution in [-0.2, 0) is 0 Å². The van der Waals surface area contributed by atoms with E-state index < -0.39 is 0 Å². The van der Waals surface area contributed by atoms with Crippen molar-refractivity contribution in [3.63, 3.8) is 0 Å². The van der Waals surface area contributed by atoms with E-state index in [-0.39, 0.29) is 0 Å². The van der Waals surface area contributed by atoms with Gasteiger partial charge in [0.2, 0.25) is 0 Å². The van der Waals surface area contributed by atoms with Crippen LogP contribution in [0.5, 0.6) is 0 Å². The van der Waals surface area contributed by atoms with Crippen LogP contribution in [0.4, 0.5) is 0 Å². The van der Waals surface area contributed by atoms with Crippen molar-refractivity contribution in [1.29, 1.82) is 0 Å². The zero-order valence-corrected chi connectivity index (χ0v) is 37.2. The molecule has 0 unspecified atom stereocenters. The normalized spacial score (nSPS) is 11.8. The van der Waals surface area contributed by atoms with Crippen molar-refractivity contribution in [2.75, 3.05) is 0 Å². The molecular formula is C63H39N5O. The minimum absolute atomic E-state index is 0.562. The predicted octanol–water partition coefficient (Wildman–Crippen LogP) is 16.3. The highest BCUT2D eigenvalue weighted by Crippen LogP contribution is 2.46. The first-order valence-corrected chi connectivity index (χ1v) is 23.3.